The SMILES string of the molecule is Cc1cc(C(C)C)nc(NCC(Cl)CC(C)(C)C)n1. The number of aromatic nitrogens is 2. The van der Waals surface area contributed by atoms with Gasteiger partial charge in [0.2, 0.25) is 5.95 Å². The summed E-state index contributed by atoms with van der Waals surface area (Å²) in [5, 5.41) is 3.34. The van der Waals surface area contributed by atoms with Gasteiger partial charge in [-0.3, -0.25) is 0 Å². The molecular weight excluding hydrogens is 258 g/mol. The highest BCUT2D eigenvalue weighted by Crippen LogP contribution is 2.23. The molecule has 1 aromatic heterocycles. The minimum atomic E-state index is 0.0895. The standard InChI is InChI=1S/C15H26ClN3/c1-10(2)13-7-11(3)18-14(19-13)17-9-12(16)8-15(4,5)6/h7,10,12H,8-9H2,1-6H3,(H,17,18,19). The molecule has 0 aliphatic carbocycles. The Morgan fingerprint density at radius 3 is 2.42 bits per heavy atom. The predicted octanol–water partition coefficient (Wildman–Crippen LogP) is 4.36. The highest BCUT2D eigenvalue weighted by atomic mass is 35.5. The molecule has 108 valence electrons. The molecule has 0 amide bonds. The van der Waals surface area contributed by atoms with Crippen LogP contribution in [-0.4, -0.2) is 21.9 Å². The Morgan fingerprint density at radius 1 is 1.26 bits per heavy atom. The van der Waals surface area contributed by atoms with E-state index in [1.165, 1.54) is 0 Å². The fraction of sp³-hybridized carbons (Fsp3) is 0.733. The maximum absolute atomic E-state index is 6.34. The largest absolute Gasteiger partial charge is 0.353 e. The zero-order chi connectivity index (χ0) is 14.6. The molecule has 0 aliphatic heterocycles. The molecule has 19 heavy (non-hydrogen) atoms. The minimum absolute atomic E-state index is 0.0895. The maximum Gasteiger partial charge on any atom is 0.223 e. The number of aryl methyl sites for hydroxylation is 1. The molecule has 1 rings (SSSR count). The van der Waals surface area contributed by atoms with Gasteiger partial charge in [0, 0.05) is 17.9 Å². The van der Waals surface area contributed by atoms with Crippen LogP contribution in [0, 0.1) is 12.3 Å². The number of halogens is 1. The fourth-order valence-electron chi connectivity index (χ4n) is 1.91. The molecule has 1 atom stereocenters. The molecule has 0 saturated carbocycles. The third-order valence-corrected chi connectivity index (χ3v) is 3.09. The molecule has 1 heterocycles. The van der Waals surface area contributed by atoms with Crippen LogP contribution >= 0.6 is 11.6 Å². The van der Waals surface area contributed by atoms with Gasteiger partial charge in [-0.05, 0) is 30.7 Å². The molecule has 0 aliphatic rings. The van der Waals surface area contributed by atoms with Crippen molar-refractivity contribution >= 4 is 17.5 Å². The van der Waals surface area contributed by atoms with Crippen molar-refractivity contribution in [3.63, 3.8) is 0 Å². The first-order chi connectivity index (χ1) is 8.67. The van der Waals surface area contributed by atoms with Gasteiger partial charge in [0.05, 0.1) is 5.38 Å². The van der Waals surface area contributed by atoms with Crippen molar-refractivity contribution in [2.24, 2.45) is 5.41 Å². The van der Waals surface area contributed by atoms with Gasteiger partial charge in [0.1, 0.15) is 0 Å². The van der Waals surface area contributed by atoms with Crippen LogP contribution in [0.5, 0.6) is 0 Å². The normalized spacial score (nSPS) is 13.7. The van der Waals surface area contributed by atoms with Gasteiger partial charge in [0.25, 0.3) is 0 Å². The van der Waals surface area contributed by atoms with E-state index < -0.39 is 0 Å². The van der Waals surface area contributed by atoms with Crippen LogP contribution in [0.15, 0.2) is 6.07 Å². The van der Waals surface area contributed by atoms with Crippen LogP contribution < -0.4 is 5.32 Å². The fourth-order valence-corrected chi connectivity index (χ4v) is 2.45. The van der Waals surface area contributed by atoms with Crippen molar-refractivity contribution in [1.29, 1.82) is 0 Å². The first-order valence-electron chi connectivity index (χ1n) is 6.91. The van der Waals surface area contributed by atoms with Crippen molar-refractivity contribution in [2.75, 3.05) is 11.9 Å². The summed E-state index contributed by atoms with van der Waals surface area (Å²) < 4.78 is 0. The molecule has 0 bridgehead atoms. The molecule has 1 unspecified atom stereocenters. The van der Waals surface area contributed by atoms with E-state index in [1.54, 1.807) is 0 Å². The Morgan fingerprint density at radius 2 is 1.89 bits per heavy atom. The summed E-state index contributed by atoms with van der Waals surface area (Å²) in [7, 11) is 0. The summed E-state index contributed by atoms with van der Waals surface area (Å²) in [6, 6.07) is 2.03. The lowest BCUT2D eigenvalue weighted by molar-refractivity contribution is 0.373. The van der Waals surface area contributed by atoms with E-state index in [-0.39, 0.29) is 10.8 Å². The third-order valence-electron chi connectivity index (χ3n) is 2.78. The van der Waals surface area contributed by atoms with Gasteiger partial charge in [-0.1, -0.05) is 34.6 Å². The van der Waals surface area contributed by atoms with Crippen LogP contribution in [0.4, 0.5) is 5.95 Å². The highest BCUT2D eigenvalue weighted by Gasteiger charge is 2.17. The molecule has 0 aromatic carbocycles. The predicted molar refractivity (Wildman–Crippen MR) is 83.1 cm³/mol. The summed E-state index contributed by atoms with van der Waals surface area (Å²) in [4.78, 5) is 8.92. The van der Waals surface area contributed by atoms with Crippen LogP contribution in [0.3, 0.4) is 0 Å². The number of alkyl halides is 1. The van der Waals surface area contributed by atoms with Crippen LogP contribution in [0.1, 0.15) is 58.3 Å². The lowest BCUT2D eigenvalue weighted by Gasteiger charge is -2.22. The molecular formula is C15H26ClN3. The topological polar surface area (TPSA) is 37.8 Å². The van der Waals surface area contributed by atoms with E-state index in [4.69, 9.17) is 11.6 Å². The summed E-state index contributed by atoms with van der Waals surface area (Å²) in [6.45, 7) is 13.5. The van der Waals surface area contributed by atoms with E-state index in [9.17, 15) is 0 Å². The van der Waals surface area contributed by atoms with Crippen molar-refractivity contribution in [2.45, 2.75) is 59.3 Å². The molecule has 1 N–H and O–H groups in total. The Bertz CT molecular complexity index is 410. The second-order valence-corrected chi connectivity index (χ2v) is 7.27. The van der Waals surface area contributed by atoms with Gasteiger partial charge in [-0.2, -0.15) is 0 Å². The van der Waals surface area contributed by atoms with E-state index in [0.717, 1.165) is 17.8 Å². The monoisotopic (exact) mass is 283 g/mol. The third kappa shape index (κ3) is 6.24. The van der Waals surface area contributed by atoms with E-state index >= 15 is 0 Å². The minimum Gasteiger partial charge on any atom is -0.353 e. The summed E-state index contributed by atoms with van der Waals surface area (Å²) >= 11 is 6.34. The smallest absolute Gasteiger partial charge is 0.223 e. The zero-order valence-electron chi connectivity index (χ0n) is 12.9. The number of hydrogen-bond acceptors (Lipinski definition) is 3. The van der Waals surface area contributed by atoms with Crippen molar-refractivity contribution in [3.05, 3.63) is 17.5 Å². The Balaban J connectivity index is 2.62. The number of nitrogens with one attached hydrogen (secondary N) is 1. The Labute approximate surface area is 122 Å². The number of nitrogens with zero attached hydrogens (tertiary/aromatic N) is 2. The van der Waals surface area contributed by atoms with Crippen molar-refractivity contribution < 1.29 is 0 Å². The summed E-state index contributed by atoms with van der Waals surface area (Å²) in [5.41, 5.74) is 2.30. The second-order valence-electron chi connectivity index (χ2n) is 6.66. The summed E-state index contributed by atoms with van der Waals surface area (Å²) in [6.07, 6.45) is 0.963. The second kappa shape index (κ2) is 6.56. The Kier molecular flexibility index (Phi) is 5.60. The first-order valence-corrected chi connectivity index (χ1v) is 7.34. The van der Waals surface area contributed by atoms with Gasteiger partial charge in [-0.15, -0.1) is 11.6 Å². The van der Waals surface area contributed by atoms with Crippen molar-refractivity contribution in [1.82, 2.24) is 9.97 Å². The highest BCUT2D eigenvalue weighted by molar-refractivity contribution is 6.20. The zero-order valence-corrected chi connectivity index (χ0v) is 13.7. The molecule has 0 radical (unpaired) electrons. The maximum atomic E-state index is 6.34. The van der Waals surface area contributed by atoms with Gasteiger partial charge < -0.3 is 5.32 Å². The van der Waals surface area contributed by atoms with Crippen LogP contribution in [-0.2, 0) is 0 Å². The van der Waals surface area contributed by atoms with Gasteiger partial charge in [-0.25, -0.2) is 9.97 Å². The van der Waals surface area contributed by atoms with E-state index in [1.807, 2.05) is 13.0 Å². The van der Waals surface area contributed by atoms with E-state index in [2.05, 4.69) is 49.9 Å². The van der Waals surface area contributed by atoms with E-state index in [0.29, 0.717) is 18.4 Å². The quantitative estimate of drug-likeness (QED) is 0.816. The molecule has 0 saturated heterocycles. The average Bonchev–Trinajstić information content (AvgIpc) is 2.23. The Hall–Kier alpha value is -0.830. The first kappa shape index (κ1) is 16.2. The number of anilines is 1. The number of hydrogen-bond donors (Lipinski definition) is 1. The molecule has 0 fully saturated rings. The molecule has 3 nitrogen and oxygen atoms in total. The molecule has 0 spiro atoms. The average molecular weight is 284 g/mol. The molecule has 1 aromatic rings. The van der Waals surface area contributed by atoms with Crippen LogP contribution in [0.25, 0.3) is 0 Å². The lowest BCUT2D eigenvalue weighted by Crippen LogP contribution is -2.22. The lowest BCUT2D eigenvalue weighted by atomic mass is 9.90. The molecule has 4 heteroatoms. The summed E-state index contributed by atoms with van der Waals surface area (Å²) in [5.74, 6) is 1.09. The number of rotatable bonds is 5. The van der Waals surface area contributed by atoms with Gasteiger partial charge in [0.15, 0.2) is 0 Å². The van der Waals surface area contributed by atoms with Crippen LogP contribution in [0.2, 0.25) is 0 Å². The van der Waals surface area contributed by atoms with Gasteiger partial charge >= 0.3 is 0 Å². The van der Waals surface area contributed by atoms with Crippen molar-refractivity contribution in [3.8, 4) is 0 Å².